The number of pyridine rings is 1. The van der Waals surface area contributed by atoms with Crippen molar-refractivity contribution in [2.24, 2.45) is 0 Å². The van der Waals surface area contributed by atoms with Gasteiger partial charge in [-0.05, 0) is 17.7 Å². The Bertz CT molecular complexity index is 616. The molecule has 1 N–H and O–H groups in total. The lowest BCUT2D eigenvalue weighted by atomic mass is 10.2. The van der Waals surface area contributed by atoms with Gasteiger partial charge in [-0.3, -0.25) is 10.1 Å². The van der Waals surface area contributed by atoms with E-state index in [1.54, 1.807) is 24.3 Å². The molecule has 0 amide bonds. The average molecular weight is 292 g/mol. The maximum atomic E-state index is 11.0. The summed E-state index contributed by atoms with van der Waals surface area (Å²) in [5.74, 6) is 0.324. The molecule has 0 aliphatic rings. The predicted molar refractivity (Wildman–Crippen MR) is 73.9 cm³/mol. The minimum Gasteiger partial charge on any atom is -0.481 e. The van der Waals surface area contributed by atoms with Crippen molar-refractivity contribution in [3.8, 4) is 5.88 Å². The number of aromatic nitrogens is 1. The third kappa shape index (κ3) is 3.25. The molecule has 0 saturated carbocycles. The normalized spacial score (nSPS) is 10.3. The number of rotatable bonds is 5. The van der Waals surface area contributed by atoms with Crippen molar-refractivity contribution in [3.05, 3.63) is 52.1 Å². The second-order valence-corrected chi connectivity index (χ2v) is 4.90. The number of aliphatic hydroxyl groups excluding tert-OH is 1. The van der Waals surface area contributed by atoms with E-state index in [1.165, 1.54) is 31.0 Å². The summed E-state index contributed by atoms with van der Waals surface area (Å²) >= 11 is 1.18. The van der Waals surface area contributed by atoms with E-state index < -0.39 is 4.92 Å². The quantitative estimate of drug-likeness (QED) is 0.673. The Labute approximate surface area is 119 Å². The van der Waals surface area contributed by atoms with Crippen molar-refractivity contribution in [1.29, 1.82) is 0 Å². The molecular weight excluding hydrogens is 280 g/mol. The van der Waals surface area contributed by atoms with Crippen molar-refractivity contribution < 1.29 is 14.8 Å². The van der Waals surface area contributed by atoms with Crippen LogP contribution < -0.4 is 4.74 Å². The average Bonchev–Trinajstić information content (AvgIpc) is 2.47. The first-order valence-electron chi connectivity index (χ1n) is 5.71. The molecule has 0 unspecified atom stereocenters. The van der Waals surface area contributed by atoms with Gasteiger partial charge in [0.15, 0.2) is 5.03 Å². The van der Waals surface area contributed by atoms with Gasteiger partial charge in [0, 0.05) is 17.0 Å². The van der Waals surface area contributed by atoms with Gasteiger partial charge in [0.2, 0.25) is 5.88 Å². The standard InChI is InChI=1S/C13H12N2O4S/c1-19-12-7-6-11(15(17)18)13(14-12)20-10-4-2-9(8-16)3-5-10/h2-7,16H,8H2,1H3. The zero-order chi connectivity index (χ0) is 14.5. The van der Waals surface area contributed by atoms with Gasteiger partial charge >= 0.3 is 5.69 Å². The summed E-state index contributed by atoms with van der Waals surface area (Å²) in [4.78, 5) is 15.4. The van der Waals surface area contributed by atoms with Gasteiger partial charge in [-0.2, -0.15) is 4.98 Å². The first-order valence-corrected chi connectivity index (χ1v) is 6.52. The lowest BCUT2D eigenvalue weighted by molar-refractivity contribution is -0.388. The lowest BCUT2D eigenvalue weighted by Gasteiger charge is -2.05. The number of nitro groups is 1. The van der Waals surface area contributed by atoms with Crippen molar-refractivity contribution in [3.63, 3.8) is 0 Å². The van der Waals surface area contributed by atoms with E-state index in [4.69, 9.17) is 9.84 Å². The van der Waals surface area contributed by atoms with Crippen LogP contribution in [0.25, 0.3) is 0 Å². The number of methoxy groups -OCH3 is 1. The third-order valence-corrected chi connectivity index (χ3v) is 3.54. The molecule has 0 radical (unpaired) electrons. The summed E-state index contributed by atoms with van der Waals surface area (Å²) in [6.45, 7) is -0.0392. The van der Waals surface area contributed by atoms with Crippen LogP contribution in [0, 0.1) is 10.1 Å². The Morgan fingerprint density at radius 1 is 1.30 bits per heavy atom. The van der Waals surface area contributed by atoms with E-state index in [2.05, 4.69) is 4.98 Å². The Kier molecular flexibility index (Phi) is 4.54. The van der Waals surface area contributed by atoms with Crippen LogP contribution in [0.1, 0.15) is 5.56 Å². The van der Waals surface area contributed by atoms with Gasteiger partial charge in [0.1, 0.15) is 0 Å². The molecule has 6 nitrogen and oxygen atoms in total. The number of ether oxygens (including phenoxy) is 1. The third-order valence-electron chi connectivity index (χ3n) is 2.54. The van der Waals surface area contributed by atoms with Crippen molar-refractivity contribution in [1.82, 2.24) is 4.98 Å². The zero-order valence-electron chi connectivity index (χ0n) is 10.6. The van der Waals surface area contributed by atoms with E-state index in [0.717, 1.165) is 10.5 Å². The molecule has 0 atom stereocenters. The number of hydrogen-bond acceptors (Lipinski definition) is 6. The second kappa shape index (κ2) is 6.36. The van der Waals surface area contributed by atoms with Gasteiger partial charge in [0.25, 0.3) is 0 Å². The summed E-state index contributed by atoms with van der Waals surface area (Å²) in [5, 5.41) is 20.2. The topological polar surface area (TPSA) is 85.5 Å². The zero-order valence-corrected chi connectivity index (χ0v) is 11.5. The van der Waals surface area contributed by atoms with Crippen LogP contribution in [0.3, 0.4) is 0 Å². The monoisotopic (exact) mass is 292 g/mol. The molecule has 0 bridgehead atoms. The van der Waals surface area contributed by atoms with Crippen LogP contribution >= 0.6 is 11.8 Å². The molecule has 0 saturated heterocycles. The molecular formula is C13H12N2O4S. The van der Waals surface area contributed by atoms with E-state index in [9.17, 15) is 10.1 Å². The molecule has 1 aromatic carbocycles. The molecule has 0 spiro atoms. The smallest absolute Gasteiger partial charge is 0.302 e. The Hall–Kier alpha value is -2.12. The minimum atomic E-state index is -0.475. The molecule has 0 aliphatic carbocycles. The van der Waals surface area contributed by atoms with Crippen LogP contribution in [-0.2, 0) is 6.61 Å². The highest BCUT2D eigenvalue weighted by atomic mass is 32.2. The first kappa shape index (κ1) is 14.3. The number of nitrogens with zero attached hydrogens (tertiary/aromatic N) is 2. The number of aliphatic hydroxyl groups is 1. The summed E-state index contributed by atoms with van der Waals surface area (Å²) in [6, 6.07) is 9.90. The maximum absolute atomic E-state index is 11.0. The molecule has 0 aliphatic heterocycles. The second-order valence-electron chi connectivity index (χ2n) is 3.84. The van der Waals surface area contributed by atoms with Crippen molar-refractivity contribution in [2.45, 2.75) is 16.5 Å². The van der Waals surface area contributed by atoms with Gasteiger partial charge < -0.3 is 9.84 Å². The maximum Gasteiger partial charge on any atom is 0.302 e. The highest BCUT2D eigenvalue weighted by molar-refractivity contribution is 7.99. The largest absolute Gasteiger partial charge is 0.481 e. The fourth-order valence-corrected chi connectivity index (χ4v) is 2.40. The SMILES string of the molecule is COc1ccc([N+](=O)[O-])c(Sc2ccc(CO)cc2)n1. The van der Waals surface area contributed by atoms with Crippen molar-refractivity contribution in [2.75, 3.05) is 7.11 Å². The van der Waals surface area contributed by atoms with Gasteiger partial charge in [-0.15, -0.1) is 0 Å². The summed E-state index contributed by atoms with van der Waals surface area (Å²) in [6.07, 6.45) is 0. The van der Waals surface area contributed by atoms with Crippen LogP contribution in [0.2, 0.25) is 0 Å². The van der Waals surface area contributed by atoms with Crippen LogP contribution in [0.15, 0.2) is 46.3 Å². The Balaban J connectivity index is 2.32. The van der Waals surface area contributed by atoms with Crippen molar-refractivity contribution >= 4 is 17.4 Å². The van der Waals surface area contributed by atoms with E-state index in [0.29, 0.717) is 5.88 Å². The highest BCUT2D eigenvalue weighted by Crippen LogP contribution is 2.34. The van der Waals surface area contributed by atoms with Gasteiger partial charge in [0.05, 0.1) is 18.6 Å². The fraction of sp³-hybridized carbons (Fsp3) is 0.154. The van der Waals surface area contributed by atoms with Gasteiger partial charge in [-0.1, -0.05) is 23.9 Å². The molecule has 1 heterocycles. The predicted octanol–water partition coefficient (Wildman–Crippen LogP) is 2.64. The van der Waals surface area contributed by atoms with Crippen LogP contribution in [0.4, 0.5) is 5.69 Å². The Morgan fingerprint density at radius 2 is 2.00 bits per heavy atom. The molecule has 7 heteroatoms. The minimum absolute atomic E-state index is 0.0392. The fourth-order valence-electron chi connectivity index (χ4n) is 1.52. The molecule has 0 fully saturated rings. The molecule has 2 rings (SSSR count). The Morgan fingerprint density at radius 3 is 2.55 bits per heavy atom. The number of benzene rings is 1. The summed E-state index contributed by atoms with van der Waals surface area (Å²) in [5.41, 5.74) is 0.712. The summed E-state index contributed by atoms with van der Waals surface area (Å²) < 4.78 is 4.98. The van der Waals surface area contributed by atoms with E-state index in [-0.39, 0.29) is 17.3 Å². The molecule has 20 heavy (non-hydrogen) atoms. The van der Waals surface area contributed by atoms with Crippen LogP contribution in [-0.4, -0.2) is 22.1 Å². The highest BCUT2D eigenvalue weighted by Gasteiger charge is 2.17. The first-order chi connectivity index (χ1) is 9.63. The molecule has 2 aromatic rings. The lowest BCUT2D eigenvalue weighted by Crippen LogP contribution is -1.96. The van der Waals surface area contributed by atoms with E-state index in [1.807, 2.05) is 0 Å². The summed E-state index contributed by atoms with van der Waals surface area (Å²) in [7, 11) is 1.46. The van der Waals surface area contributed by atoms with Crippen LogP contribution in [0.5, 0.6) is 5.88 Å². The van der Waals surface area contributed by atoms with E-state index >= 15 is 0 Å². The molecule has 1 aromatic heterocycles. The molecule has 104 valence electrons. The number of hydrogen-bond donors (Lipinski definition) is 1. The van der Waals surface area contributed by atoms with Gasteiger partial charge in [-0.25, -0.2) is 0 Å².